The van der Waals surface area contributed by atoms with Crippen LogP contribution in [0.15, 0.2) is 0 Å². The first-order valence-corrected chi connectivity index (χ1v) is 21.2. The van der Waals surface area contributed by atoms with Gasteiger partial charge in [-0.15, -0.1) is 0 Å². The van der Waals surface area contributed by atoms with E-state index in [2.05, 4.69) is 13.8 Å². The molecule has 0 rings (SSSR count). The molecule has 0 N–H and O–H groups in total. The highest BCUT2D eigenvalue weighted by Gasteiger charge is 2.32. The minimum atomic E-state index is -4.08. The SMILES string of the molecule is CCCCCCCCCCCCCCCCCC(=O)OP(=O)(CC=O)OC(=O)CCCCCCCCCCCCCCCCC. The molecule has 0 heterocycles. The second kappa shape index (κ2) is 34.2. The van der Waals surface area contributed by atoms with Gasteiger partial charge in [-0.2, -0.15) is 0 Å². The Morgan fingerprint density at radius 3 is 0.867 bits per heavy atom. The molecule has 0 spiro atoms. The van der Waals surface area contributed by atoms with Crippen molar-refractivity contribution in [3.8, 4) is 0 Å². The van der Waals surface area contributed by atoms with E-state index in [-0.39, 0.29) is 12.8 Å². The van der Waals surface area contributed by atoms with Crippen LogP contribution in [-0.2, 0) is 28.0 Å². The topological polar surface area (TPSA) is 86.7 Å². The second-order valence-corrected chi connectivity index (χ2v) is 15.2. The van der Waals surface area contributed by atoms with Gasteiger partial charge in [-0.05, 0) is 12.8 Å². The van der Waals surface area contributed by atoms with Crippen molar-refractivity contribution in [1.29, 1.82) is 0 Å². The minimum Gasteiger partial charge on any atom is -0.383 e. The summed E-state index contributed by atoms with van der Waals surface area (Å²) in [5.74, 6) is -1.32. The Balaban J connectivity index is 3.76. The number of unbranched alkanes of at least 4 members (excludes halogenated alkanes) is 28. The van der Waals surface area contributed by atoms with Crippen molar-refractivity contribution in [2.24, 2.45) is 0 Å². The van der Waals surface area contributed by atoms with E-state index in [1.807, 2.05) is 0 Å². The Bertz CT molecular complexity index is 673. The van der Waals surface area contributed by atoms with Gasteiger partial charge in [0.1, 0.15) is 12.4 Å². The van der Waals surface area contributed by atoms with Crippen molar-refractivity contribution in [2.75, 3.05) is 6.16 Å². The molecule has 0 aromatic rings. The van der Waals surface area contributed by atoms with Crippen molar-refractivity contribution >= 4 is 25.8 Å². The van der Waals surface area contributed by atoms with Crippen molar-refractivity contribution in [1.82, 2.24) is 0 Å². The van der Waals surface area contributed by atoms with Crippen LogP contribution in [0, 0.1) is 0 Å². The molecule has 0 bridgehead atoms. The zero-order valence-electron chi connectivity index (χ0n) is 29.8. The zero-order chi connectivity index (χ0) is 33.1. The van der Waals surface area contributed by atoms with E-state index in [0.717, 1.165) is 38.5 Å². The third-order valence-electron chi connectivity index (χ3n) is 8.75. The lowest BCUT2D eigenvalue weighted by Gasteiger charge is -2.16. The Labute approximate surface area is 278 Å². The first kappa shape index (κ1) is 43.8. The summed E-state index contributed by atoms with van der Waals surface area (Å²) < 4.78 is 22.9. The van der Waals surface area contributed by atoms with E-state index in [4.69, 9.17) is 9.05 Å². The molecule has 0 aromatic carbocycles. The van der Waals surface area contributed by atoms with Crippen LogP contribution in [0.2, 0.25) is 0 Å². The molecule has 7 heteroatoms. The van der Waals surface area contributed by atoms with Gasteiger partial charge in [-0.3, -0.25) is 9.59 Å². The van der Waals surface area contributed by atoms with E-state index in [1.54, 1.807) is 0 Å². The Kier molecular flexibility index (Phi) is 33.3. The summed E-state index contributed by atoms with van der Waals surface area (Å²) in [6, 6.07) is 0. The molecular weight excluding hydrogens is 583 g/mol. The lowest BCUT2D eigenvalue weighted by atomic mass is 10.0. The maximum absolute atomic E-state index is 12.8. The Morgan fingerprint density at radius 2 is 0.644 bits per heavy atom. The highest BCUT2D eigenvalue weighted by molar-refractivity contribution is 7.55. The summed E-state index contributed by atoms with van der Waals surface area (Å²) in [7, 11) is -4.08. The number of carbonyl (C=O) groups excluding carboxylic acids is 3. The van der Waals surface area contributed by atoms with Gasteiger partial charge in [0.2, 0.25) is 0 Å². The maximum Gasteiger partial charge on any atom is 0.442 e. The highest BCUT2D eigenvalue weighted by atomic mass is 31.2. The van der Waals surface area contributed by atoms with Gasteiger partial charge < -0.3 is 13.8 Å². The average Bonchev–Trinajstić information content (AvgIpc) is 3.01. The molecule has 0 atom stereocenters. The number of hydrogen-bond donors (Lipinski definition) is 0. The summed E-state index contributed by atoms with van der Waals surface area (Å²) in [5.41, 5.74) is 0. The second-order valence-electron chi connectivity index (χ2n) is 13.3. The third kappa shape index (κ3) is 32.6. The van der Waals surface area contributed by atoms with Gasteiger partial charge in [0.05, 0.1) is 0 Å². The van der Waals surface area contributed by atoms with Crippen molar-refractivity contribution in [2.45, 2.75) is 219 Å². The van der Waals surface area contributed by atoms with Gasteiger partial charge >= 0.3 is 19.5 Å². The quantitative estimate of drug-likeness (QED) is 0.0379. The summed E-state index contributed by atoms with van der Waals surface area (Å²) in [5, 5.41) is 0. The number of carbonyl (C=O) groups is 3. The van der Waals surface area contributed by atoms with Crippen LogP contribution >= 0.6 is 7.60 Å². The van der Waals surface area contributed by atoms with Crippen molar-refractivity contribution in [3.05, 3.63) is 0 Å². The van der Waals surface area contributed by atoms with Crippen LogP contribution in [0.25, 0.3) is 0 Å². The minimum absolute atomic E-state index is 0.123. The fraction of sp³-hybridized carbons (Fsp3) is 0.921. The summed E-state index contributed by atoms with van der Waals surface area (Å²) in [6.45, 7) is 4.51. The van der Waals surface area contributed by atoms with Gasteiger partial charge in [-0.25, -0.2) is 4.57 Å². The molecule has 0 amide bonds. The fourth-order valence-corrected chi connectivity index (χ4v) is 7.04. The van der Waals surface area contributed by atoms with E-state index in [0.29, 0.717) is 19.1 Å². The molecule has 0 saturated carbocycles. The molecule has 45 heavy (non-hydrogen) atoms. The molecule has 0 fully saturated rings. The van der Waals surface area contributed by atoms with Crippen LogP contribution in [0.4, 0.5) is 0 Å². The number of hydrogen-bond acceptors (Lipinski definition) is 6. The van der Waals surface area contributed by atoms with Gasteiger partial charge in [0.25, 0.3) is 0 Å². The number of aldehydes is 1. The Hall–Kier alpha value is -1.16. The van der Waals surface area contributed by atoms with Gasteiger partial charge in [0, 0.05) is 12.8 Å². The van der Waals surface area contributed by atoms with Gasteiger partial charge in [0.15, 0.2) is 0 Å². The molecule has 0 aliphatic rings. The standard InChI is InChI=1S/C38H73O6P/c1-3-5-7-9-11-13-15-17-19-21-23-25-27-29-31-33-37(40)43-45(42,36-35-39)44-38(41)34-32-30-28-26-24-22-20-18-16-14-12-10-8-6-4-2/h35H,3-34,36H2,1-2H3. The fourth-order valence-electron chi connectivity index (χ4n) is 5.87. The molecule has 0 aliphatic heterocycles. The lowest BCUT2D eigenvalue weighted by Crippen LogP contribution is -2.11. The summed E-state index contributed by atoms with van der Waals surface area (Å²) in [6.07, 6.45) is 37.0. The summed E-state index contributed by atoms with van der Waals surface area (Å²) >= 11 is 0. The first-order chi connectivity index (χ1) is 22.0. The molecule has 0 saturated heterocycles. The first-order valence-electron chi connectivity index (χ1n) is 19.4. The highest BCUT2D eigenvalue weighted by Crippen LogP contribution is 2.48. The monoisotopic (exact) mass is 657 g/mol. The predicted octanol–water partition coefficient (Wildman–Crippen LogP) is 13.0. The van der Waals surface area contributed by atoms with E-state index >= 15 is 0 Å². The molecular formula is C38H73O6P. The van der Waals surface area contributed by atoms with Crippen LogP contribution in [0.5, 0.6) is 0 Å². The maximum atomic E-state index is 12.8. The molecule has 266 valence electrons. The van der Waals surface area contributed by atoms with E-state index < -0.39 is 25.7 Å². The van der Waals surface area contributed by atoms with Crippen LogP contribution in [0.3, 0.4) is 0 Å². The predicted molar refractivity (Wildman–Crippen MR) is 190 cm³/mol. The van der Waals surface area contributed by atoms with Crippen LogP contribution in [0.1, 0.15) is 219 Å². The molecule has 0 aliphatic carbocycles. The van der Waals surface area contributed by atoms with E-state index in [9.17, 15) is 18.9 Å². The van der Waals surface area contributed by atoms with Crippen LogP contribution < -0.4 is 0 Å². The molecule has 0 radical (unpaired) electrons. The zero-order valence-corrected chi connectivity index (χ0v) is 30.7. The van der Waals surface area contributed by atoms with E-state index in [1.165, 1.54) is 141 Å². The van der Waals surface area contributed by atoms with Crippen molar-refractivity contribution in [3.63, 3.8) is 0 Å². The molecule has 0 aromatic heterocycles. The summed E-state index contributed by atoms with van der Waals surface area (Å²) in [4.78, 5) is 35.6. The third-order valence-corrected chi connectivity index (χ3v) is 10.3. The average molecular weight is 657 g/mol. The lowest BCUT2D eigenvalue weighted by molar-refractivity contribution is -0.138. The van der Waals surface area contributed by atoms with Crippen LogP contribution in [-0.4, -0.2) is 24.4 Å². The van der Waals surface area contributed by atoms with Gasteiger partial charge in [-0.1, -0.05) is 194 Å². The molecule has 0 unspecified atom stereocenters. The largest absolute Gasteiger partial charge is 0.442 e. The number of rotatable bonds is 36. The smallest absolute Gasteiger partial charge is 0.383 e. The Morgan fingerprint density at radius 1 is 0.422 bits per heavy atom. The van der Waals surface area contributed by atoms with Crippen molar-refractivity contribution < 1.29 is 28.0 Å². The normalized spacial score (nSPS) is 11.5. The molecule has 6 nitrogen and oxygen atoms in total.